The van der Waals surface area contributed by atoms with Crippen LogP contribution >= 0.6 is 11.3 Å². The number of methoxy groups -OCH3 is 1. The fourth-order valence-electron chi connectivity index (χ4n) is 2.36. The van der Waals surface area contributed by atoms with Crippen LogP contribution in [0.1, 0.15) is 38.3 Å². The summed E-state index contributed by atoms with van der Waals surface area (Å²) in [5.41, 5.74) is 1.39. The highest BCUT2D eigenvalue weighted by Gasteiger charge is 2.16. The van der Waals surface area contributed by atoms with Crippen LogP contribution in [-0.2, 0) is 11.2 Å². The van der Waals surface area contributed by atoms with Crippen molar-refractivity contribution >= 4 is 17.3 Å². The van der Waals surface area contributed by atoms with Crippen LogP contribution in [0.15, 0.2) is 23.6 Å². The Morgan fingerprint density at radius 2 is 2.12 bits per heavy atom. The molecule has 24 heavy (non-hydrogen) atoms. The van der Waals surface area contributed by atoms with Crippen LogP contribution in [0.4, 0.5) is 0 Å². The van der Waals surface area contributed by atoms with Crippen LogP contribution in [0.2, 0.25) is 0 Å². The molecule has 1 aromatic carbocycles. The molecule has 0 aliphatic heterocycles. The molecule has 0 fully saturated rings. The number of aliphatic carboxylic acids is 1. The highest BCUT2D eigenvalue weighted by Crippen LogP contribution is 2.39. The second kappa shape index (κ2) is 9.27. The monoisotopic (exact) mass is 349 g/mol. The van der Waals surface area contributed by atoms with Gasteiger partial charge in [0.05, 0.1) is 31.4 Å². The predicted octanol–water partition coefficient (Wildman–Crippen LogP) is 4.40. The van der Waals surface area contributed by atoms with Crippen molar-refractivity contribution < 1.29 is 19.4 Å². The molecule has 0 saturated carbocycles. The van der Waals surface area contributed by atoms with Gasteiger partial charge in [0.25, 0.3) is 0 Å². The number of hydrogen-bond acceptors (Lipinski definition) is 5. The summed E-state index contributed by atoms with van der Waals surface area (Å²) in [6.07, 6.45) is 4.45. The molecule has 0 atom stereocenters. The highest BCUT2D eigenvalue weighted by molar-refractivity contribution is 7.13. The van der Waals surface area contributed by atoms with Crippen LogP contribution in [0.5, 0.6) is 11.5 Å². The molecule has 6 heteroatoms. The smallest absolute Gasteiger partial charge is 0.309 e. The largest absolute Gasteiger partial charge is 0.493 e. The number of rotatable bonds is 10. The Morgan fingerprint density at radius 3 is 2.83 bits per heavy atom. The van der Waals surface area contributed by atoms with E-state index >= 15 is 0 Å². The molecule has 0 radical (unpaired) electrons. The summed E-state index contributed by atoms with van der Waals surface area (Å²) in [6, 6.07) is 5.67. The number of carboxylic acids is 1. The van der Waals surface area contributed by atoms with Gasteiger partial charge in [0, 0.05) is 5.38 Å². The standard InChI is InChI=1S/C18H23NO4S/c1-3-4-5-6-10-23-17-14(8-7-9-15(17)22-2)18-19-13(12-24-18)11-16(20)21/h7-9,12H,3-6,10-11H2,1-2H3,(H,20,21). The van der Waals surface area contributed by atoms with Crippen molar-refractivity contribution in [3.8, 4) is 22.1 Å². The van der Waals surface area contributed by atoms with E-state index in [0.717, 1.165) is 23.4 Å². The summed E-state index contributed by atoms with van der Waals surface area (Å²) in [7, 11) is 1.61. The summed E-state index contributed by atoms with van der Waals surface area (Å²) in [6.45, 7) is 2.80. The average Bonchev–Trinajstić information content (AvgIpc) is 3.02. The summed E-state index contributed by atoms with van der Waals surface area (Å²) in [5.74, 6) is 0.454. The van der Waals surface area contributed by atoms with Crippen molar-refractivity contribution in [2.75, 3.05) is 13.7 Å². The molecule has 130 valence electrons. The van der Waals surface area contributed by atoms with Crippen molar-refractivity contribution in [2.45, 2.75) is 39.0 Å². The molecular formula is C18H23NO4S. The predicted molar refractivity (Wildman–Crippen MR) is 95.1 cm³/mol. The Labute approximate surface area is 146 Å². The number of carbonyl (C=O) groups is 1. The fourth-order valence-corrected chi connectivity index (χ4v) is 3.21. The normalized spacial score (nSPS) is 10.6. The van der Waals surface area contributed by atoms with Gasteiger partial charge in [-0.15, -0.1) is 11.3 Å². The van der Waals surface area contributed by atoms with Crippen molar-refractivity contribution in [1.29, 1.82) is 0 Å². The van der Waals surface area contributed by atoms with Crippen LogP contribution in [0, 0.1) is 0 Å². The average molecular weight is 349 g/mol. The van der Waals surface area contributed by atoms with E-state index in [1.807, 2.05) is 18.2 Å². The molecule has 5 nitrogen and oxygen atoms in total. The third kappa shape index (κ3) is 4.96. The third-order valence-electron chi connectivity index (χ3n) is 3.56. The number of benzene rings is 1. The van der Waals surface area contributed by atoms with Gasteiger partial charge in [0.15, 0.2) is 11.5 Å². The van der Waals surface area contributed by atoms with E-state index in [1.165, 1.54) is 24.2 Å². The van der Waals surface area contributed by atoms with Gasteiger partial charge in [0.1, 0.15) is 5.01 Å². The van der Waals surface area contributed by atoms with Crippen LogP contribution < -0.4 is 9.47 Å². The molecule has 0 aliphatic carbocycles. The first-order valence-corrected chi connectivity index (χ1v) is 9.00. The molecule has 0 spiro atoms. The Morgan fingerprint density at radius 1 is 1.29 bits per heavy atom. The van der Waals surface area contributed by atoms with Gasteiger partial charge in [0.2, 0.25) is 0 Å². The maximum atomic E-state index is 10.8. The molecule has 1 aromatic heterocycles. The Hall–Kier alpha value is -2.08. The molecule has 0 aliphatic rings. The first kappa shape index (κ1) is 18.3. The molecule has 0 bridgehead atoms. The van der Waals surface area contributed by atoms with Crippen LogP contribution in [0.3, 0.4) is 0 Å². The van der Waals surface area contributed by atoms with Gasteiger partial charge in [-0.25, -0.2) is 4.98 Å². The molecule has 1 heterocycles. The Balaban J connectivity index is 2.19. The molecule has 2 rings (SSSR count). The van der Waals surface area contributed by atoms with Crippen molar-refractivity contribution in [3.05, 3.63) is 29.3 Å². The number of nitrogens with zero attached hydrogens (tertiary/aromatic N) is 1. The lowest BCUT2D eigenvalue weighted by molar-refractivity contribution is -0.136. The quantitative estimate of drug-likeness (QED) is 0.644. The molecule has 0 amide bonds. The van der Waals surface area contributed by atoms with E-state index in [9.17, 15) is 4.79 Å². The van der Waals surface area contributed by atoms with E-state index in [2.05, 4.69) is 11.9 Å². The molecule has 1 N–H and O–H groups in total. The number of unbranched alkanes of at least 4 members (excludes halogenated alkanes) is 3. The second-order valence-corrected chi connectivity index (χ2v) is 6.32. The van der Waals surface area contributed by atoms with E-state index in [4.69, 9.17) is 14.6 Å². The van der Waals surface area contributed by atoms with Gasteiger partial charge in [-0.2, -0.15) is 0 Å². The van der Waals surface area contributed by atoms with Gasteiger partial charge < -0.3 is 14.6 Å². The van der Waals surface area contributed by atoms with E-state index in [1.54, 1.807) is 12.5 Å². The molecule has 2 aromatic rings. The minimum Gasteiger partial charge on any atom is -0.493 e. The zero-order valence-corrected chi connectivity index (χ0v) is 14.9. The Bertz CT molecular complexity index is 669. The van der Waals surface area contributed by atoms with Crippen molar-refractivity contribution in [2.24, 2.45) is 0 Å². The maximum Gasteiger partial charge on any atom is 0.309 e. The zero-order chi connectivity index (χ0) is 17.4. The fraction of sp³-hybridized carbons (Fsp3) is 0.444. The first-order valence-electron chi connectivity index (χ1n) is 8.12. The van der Waals surface area contributed by atoms with Crippen molar-refractivity contribution in [3.63, 3.8) is 0 Å². The SMILES string of the molecule is CCCCCCOc1c(OC)cccc1-c1nc(CC(=O)O)cs1. The van der Waals surface area contributed by atoms with E-state index < -0.39 is 5.97 Å². The summed E-state index contributed by atoms with van der Waals surface area (Å²) in [4.78, 5) is 15.2. The summed E-state index contributed by atoms with van der Waals surface area (Å²) < 4.78 is 11.4. The van der Waals surface area contributed by atoms with Gasteiger partial charge in [-0.3, -0.25) is 4.79 Å². The van der Waals surface area contributed by atoms with Gasteiger partial charge in [-0.1, -0.05) is 32.3 Å². The number of para-hydroxylation sites is 1. The summed E-state index contributed by atoms with van der Waals surface area (Å²) >= 11 is 1.42. The molecule has 0 unspecified atom stereocenters. The second-order valence-electron chi connectivity index (χ2n) is 5.46. The number of carboxylic acid groups (broad SMARTS) is 1. The topological polar surface area (TPSA) is 68.7 Å². The lowest BCUT2D eigenvalue weighted by Gasteiger charge is -2.14. The molecular weight excluding hydrogens is 326 g/mol. The lowest BCUT2D eigenvalue weighted by atomic mass is 10.2. The lowest BCUT2D eigenvalue weighted by Crippen LogP contribution is -2.02. The van der Waals surface area contributed by atoms with Gasteiger partial charge in [-0.05, 0) is 18.6 Å². The summed E-state index contributed by atoms with van der Waals surface area (Å²) in [5, 5.41) is 11.4. The number of ether oxygens (including phenoxy) is 2. The maximum absolute atomic E-state index is 10.8. The van der Waals surface area contributed by atoms with E-state index in [0.29, 0.717) is 23.8 Å². The molecule has 0 saturated heterocycles. The highest BCUT2D eigenvalue weighted by atomic mass is 32.1. The Kier molecular flexibility index (Phi) is 7.06. The minimum absolute atomic E-state index is 0.0757. The number of hydrogen-bond donors (Lipinski definition) is 1. The first-order chi connectivity index (χ1) is 11.7. The van der Waals surface area contributed by atoms with Crippen LogP contribution in [-0.4, -0.2) is 29.8 Å². The zero-order valence-electron chi connectivity index (χ0n) is 14.1. The minimum atomic E-state index is -0.884. The van der Waals surface area contributed by atoms with E-state index in [-0.39, 0.29) is 6.42 Å². The van der Waals surface area contributed by atoms with Crippen LogP contribution in [0.25, 0.3) is 10.6 Å². The third-order valence-corrected chi connectivity index (χ3v) is 4.48. The number of thiazole rings is 1. The van der Waals surface area contributed by atoms with Crippen molar-refractivity contribution in [1.82, 2.24) is 4.98 Å². The number of aromatic nitrogens is 1. The van der Waals surface area contributed by atoms with Gasteiger partial charge >= 0.3 is 5.97 Å².